The van der Waals surface area contributed by atoms with Crippen molar-refractivity contribution in [3.05, 3.63) is 24.2 Å². The highest BCUT2D eigenvalue weighted by Crippen LogP contribution is 2.17. The van der Waals surface area contributed by atoms with Gasteiger partial charge in [-0.2, -0.15) is 5.10 Å². The van der Waals surface area contributed by atoms with Crippen molar-refractivity contribution in [2.45, 2.75) is 32.4 Å². The van der Waals surface area contributed by atoms with Crippen LogP contribution in [0.4, 0.5) is 0 Å². The Morgan fingerprint density at radius 3 is 2.85 bits per heavy atom. The van der Waals surface area contributed by atoms with Gasteiger partial charge in [0.25, 0.3) is 0 Å². The van der Waals surface area contributed by atoms with Crippen molar-refractivity contribution in [2.75, 3.05) is 6.61 Å². The van der Waals surface area contributed by atoms with Crippen LogP contribution in [0.3, 0.4) is 0 Å². The summed E-state index contributed by atoms with van der Waals surface area (Å²) < 4.78 is 7.16. The number of carboxylic acids is 1. The molecule has 0 saturated carbocycles. The molecule has 2 aromatic heterocycles. The Morgan fingerprint density at radius 2 is 2.20 bits per heavy atom. The Balaban J connectivity index is 2.12. The number of pyridine rings is 1. The summed E-state index contributed by atoms with van der Waals surface area (Å²) in [4.78, 5) is 15.2. The van der Waals surface area contributed by atoms with Crippen LogP contribution < -0.4 is 0 Å². The molecule has 6 nitrogen and oxygen atoms in total. The van der Waals surface area contributed by atoms with Crippen molar-refractivity contribution < 1.29 is 14.6 Å². The van der Waals surface area contributed by atoms with Crippen molar-refractivity contribution >= 4 is 24.9 Å². The number of fused-ring (bicyclic) bond motifs is 1. The molecule has 0 atom stereocenters. The molecule has 2 rings (SSSR count). The van der Waals surface area contributed by atoms with Crippen molar-refractivity contribution in [3.8, 4) is 0 Å². The average molecular weight is 293 g/mol. The predicted octanol–water partition coefficient (Wildman–Crippen LogP) is 2.44. The maximum absolute atomic E-state index is 11.2. The van der Waals surface area contributed by atoms with Gasteiger partial charge in [-0.05, 0) is 12.1 Å². The van der Waals surface area contributed by atoms with Crippen LogP contribution in [0.2, 0.25) is 25.7 Å². The molecule has 20 heavy (non-hydrogen) atoms. The van der Waals surface area contributed by atoms with E-state index in [1.54, 1.807) is 23.1 Å². The lowest BCUT2D eigenvalue weighted by atomic mass is 10.2. The summed E-state index contributed by atoms with van der Waals surface area (Å²) in [6.07, 6.45) is 3.17. The monoisotopic (exact) mass is 293 g/mol. The van der Waals surface area contributed by atoms with E-state index in [1.165, 1.54) is 0 Å². The van der Waals surface area contributed by atoms with E-state index >= 15 is 0 Å². The summed E-state index contributed by atoms with van der Waals surface area (Å²) in [5, 5.41) is 13.8. The van der Waals surface area contributed by atoms with Crippen LogP contribution in [0.15, 0.2) is 18.5 Å². The number of aromatic carboxylic acids is 1. The zero-order valence-corrected chi connectivity index (χ0v) is 13.0. The van der Waals surface area contributed by atoms with Gasteiger partial charge in [-0.25, -0.2) is 9.48 Å². The number of hydrogen-bond acceptors (Lipinski definition) is 4. The maximum atomic E-state index is 11.2. The molecular weight excluding hydrogens is 274 g/mol. The number of carboxylic acid groups (broad SMARTS) is 1. The fraction of sp³-hybridized carbons (Fsp3) is 0.462. The zero-order chi connectivity index (χ0) is 14.8. The highest BCUT2D eigenvalue weighted by Gasteiger charge is 2.16. The molecule has 0 radical (unpaired) electrons. The van der Waals surface area contributed by atoms with Crippen molar-refractivity contribution in [3.63, 3.8) is 0 Å². The molecule has 108 valence electrons. The topological polar surface area (TPSA) is 77.2 Å². The molecule has 0 amide bonds. The Kier molecular flexibility index (Phi) is 4.19. The van der Waals surface area contributed by atoms with E-state index in [9.17, 15) is 4.79 Å². The highest BCUT2D eigenvalue weighted by atomic mass is 28.3. The number of carbonyl (C=O) groups is 1. The molecule has 0 saturated heterocycles. The molecule has 0 aliphatic rings. The van der Waals surface area contributed by atoms with Gasteiger partial charge < -0.3 is 9.84 Å². The third-order valence-electron chi connectivity index (χ3n) is 2.97. The summed E-state index contributed by atoms with van der Waals surface area (Å²) in [6, 6.07) is 2.72. The summed E-state index contributed by atoms with van der Waals surface area (Å²) in [5.41, 5.74) is 0.717. The lowest BCUT2D eigenvalue weighted by Gasteiger charge is -2.15. The van der Waals surface area contributed by atoms with E-state index in [-0.39, 0.29) is 12.4 Å². The second kappa shape index (κ2) is 5.72. The molecule has 7 heteroatoms. The molecule has 2 aromatic rings. The van der Waals surface area contributed by atoms with E-state index in [1.807, 2.05) is 0 Å². The first kappa shape index (κ1) is 14.7. The second-order valence-corrected chi connectivity index (χ2v) is 11.5. The average Bonchev–Trinajstić information content (AvgIpc) is 2.73. The van der Waals surface area contributed by atoms with Gasteiger partial charge >= 0.3 is 5.97 Å². The number of aromatic nitrogens is 3. The molecule has 0 aromatic carbocycles. The Labute approximate surface area is 118 Å². The van der Waals surface area contributed by atoms with E-state index in [0.29, 0.717) is 17.5 Å². The number of ether oxygens (including phenoxy) is 1. The highest BCUT2D eigenvalue weighted by molar-refractivity contribution is 6.76. The smallest absolute Gasteiger partial charge is 0.357 e. The van der Waals surface area contributed by atoms with Gasteiger partial charge in [-0.3, -0.25) is 4.98 Å². The summed E-state index contributed by atoms with van der Waals surface area (Å²) in [7, 11) is -1.12. The normalized spacial score (nSPS) is 11.9. The lowest BCUT2D eigenvalue weighted by Crippen LogP contribution is -2.22. The van der Waals surface area contributed by atoms with Gasteiger partial charge in [-0.1, -0.05) is 19.6 Å². The van der Waals surface area contributed by atoms with Crippen LogP contribution in [-0.4, -0.2) is 40.5 Å². The number of nitrogens with zero attached hydrogens (tertiary/aromatic N) is 3. The molecule has 0 aliphatic carbocycles. The molecule has 1 N–H and O–H groups in total. The van der Waals surface area contributed by atoms with Crippen LogP contribution in [0.25, 0.3) is 10.9 Å². The van der Waals surface area contributed by atoms with Crippen molar-refractivity contribution in [2.24, 2.45) is 0 Å². The van der Waals surface area contributed by atoms with Crippen LogP contribution in [-0.2, 0) is 11.5 Å². The quantitative estimate of drug-likeness (QED) is 0.654. The SMILES string of the molecule is C[Si](C)(C)CCOCn1nc(C(=O)O)c2ccncc21. The Morgan fingerprint density at radius 1 is 1.45 bits per heavy atom. The van der Waals surface area contributed by atoms with Gasteiger partial charge in [0.15, 0.2) is 5.69 Å². The first-order chi connectivity index (χ1) is 9.38. The molecular formula is C13H19N3O3Si. The minimum absolute atomic E-state index is 0.0381. The molecule has 2 heterocycles. The largest absolute Gasteiger partial charge is 0.476 e. The number of rotatable bonds is 6. The zero-order valence-electron chi connectivity index (χ0n) is 12.0. The standard InChI is InChI=1S/C13H19N3O3Si/c1-20(2,3)7-6-19-9-16-11-8-14-5-4-10(11)12(15-16)13(17)18/h4-5,8H,6-7,9H2,1-3H3,(H,17,18). The van der Waals surface area contributed by atoms with Crippen molar-refractivity contribution in [1.82, 2.24) is 14.8 Å². The molecule has 0 fully saturated rings. The van der Waals surface area contributed by atoms with Crippen molar-refractivity contribution in [1.29, 1.82) is 0 Å². The van der Waals surface area contributed by atoms with Crippen LogP contribution in [0.5, 0.6) is 0 Å². The minimum Gasteiger partial charge on any atom is -0.476 e. The van der Waals surface area contributed by atoms with Gasteiger partial charge in [0.2, 0.25) is 0 Å². The molecule has 0 unspecified atom stereocenters. The maximum Gasteiger partial charge on any atom is 0.357 e. The van der Waals surface area contributed by atoms with Gasteiger partial charge in [-0.15, -0.1) is 0 Å². The van der Waals surface area contributed by atoms with E-state index in [2.05, 4.69) is 29.7 Å². The predicted molar refractivity (Wildman–Crippen MR) is 78.6 cm³/mol. The van der Waals surface area contributed by atoms with Crippen LogP contribution in [0.1, 0.15) is 10.5 Å². The minimum atomic E-state index is -1.12. The van der Waals surface area contributed by atoms with Gasteiger partial charge in [0, 0.05) is 26.3 Å². The Hall–Kier alpha value is -1.73. The fourth-order valence-corrected chi connectivity index (χ4v) is 2.56. The number of hydrogen-bond donors (Lipinski definition) is 1. The third kappa shape index (κ3) is 3.43. The Bertz CT molecular complexity index is 619. The first-order valence-corrected chi connectivity index (χ1v) is 10.2. The summed E-state index contributed by atoms with van der Waals surface area (Å²) in [6.45, 7) is 7.77. The van der Waals surface area contributed by atoms with Crippen LogP contribution in [0, 0.1) is 0 Å². The molecule has 0 spiro atoms. The summed E-state index contributed by atoms with van der Waals surface area (Å²) >= 11 is 0. The first-order valence-electron chi connectivity index (χ1n) is 6.50. The lowest BCUT2D eigenvalue weighted by molar-refractivity contribution is 0.0676. The molecule has 0 aliphatic heterocycles. The van der Waals surface area contributed by atoms with E-state index in [0.717, 1.165) is 6.04 Å². The third-order valence-corrected chi connectivity index (χ3v) is 4.67. The summed E-state index contributed by atoms with van der Waals surface area (Å²) in [5.74, 6) is -1.04. The molecule has 0 bridgehead atoms. The van der Waals surface area contributed by atoms with E-state index < -0.39 is 14.0 Å². The second-order valence-electron chi connectivity index (χ2n) is 5.89. The van der Waals surface area contributed by atoms with Gasteiger partial charge in [0.05, 0.1) is 11.7 Å². The van der Waals surface area contributed by atoms with Gasteiger partial charge in [0.1, 0.15) is 6.73 Å². The fourth-order valence-electron chi connectivity index (χ4n) is 1.81. The van der Waals surface area contributed by atoms with Crippen LogP contribution >= 0.6 is 0 Å². The van der Waals surface area contributed by atoms with E-state index in [4.69, 9.17) is 9.84 Å².